The van der Waals surface area contributed by atoms with E-state index in [-0.39, 0.29) is 24.0 Å². The van der Waals surface area contributed by atoms with Crippen LogP contribution in [-0.4, -0.2) is 30.4 Å². The molecule has 26 heavy (non-hydrogen) atoms. The van der Waals surface area contributed by atoms with E-state index in [4.69, 9.17) is 11.6 Å². The monoisotopic (exact) mass is 476 g/mol. The van der Waals surface area contributed by atoms with Gasteiger partial charge in [0.25, 0.3) is 0 Å². The fraction of sp³-hybridized carbons (Fsp3) is 0.227. The van der Waals surface area contributed by atoms with Crippen LogP contribution in [0.4, 0.5) is 11.4 Å². The second kappa shape index (κ2) is 7.57. The SMILES string of the molecule is CCN(CC)c1ccc(C2=[N+](C)c3ccc(Cl)c4cccc2c34)cc1.[I-]. The number of hydrogen-bond acceptors (Lipinski definition) is 1. The second-order valence-electron chi connectivity index (χ2n) is 6.42. The van der Waals surface area contributed by atoms with E-state index in [9.17, 15) is 0 Å². The predicted octanol–water partition coefficient (Wildman–Crippen LogP) is 2.47. The van der Waals surface area contributed by atoms with Gasteiger partial charge in [0.05, 0.1) is 10.9 Å². The van der Waals surface area contributed by atoms with Crippen LogP contribution < -0.4 is 28.9 Å². The molecule has 0 saturated carbocycles. The van der Waals surface area contributed by atoms with Crippen molar-refractivity contribution in [1.82, 2.24) is 0 Å². The Morgan fingerprint density at radius 1 is 0.923 bits per heavy atom. The standard InChI is InChI=1S/C22H22ClN2.HI/c1-4-25(5-2)16-11-9-15(10-12-16)22-18-8-6-7-17-19(23)13-14-20(21(17)18)24(22)3;/h6-14H,4-5H2,1-3H3;1H/q+1;/p-1. The molecule has 1 heterocycles. The first-order valence-electron chi connectivity index (χ1n) is 8.83. The molecular formula is C22H22ClIN2. The lowest BCUT2D eigenvalue weighted by molar-refractivity contribution is -0.399. The summed E-state index contributed by atoms with van der Waals surface area (Å²) in [4.78, 5) is 2.36. The Morgan fingerprint density at radius 3 is 2.27 bits per heavy atom. The van der Waals surface area contributed by atoms with Crippen LogP contribution in [0.15, 0.2) is 54.6 Å². The van der Waals surface area contributed by atoms with Crippen LogP contribution in [0.25, 0.3) is 10.8 Å². The van der Waals surface area contributed by atoms with E-state index < -0.39 is 0 Å². The minimum absolute atomic E-state index is 0. The summed E-state index contributed by atoms with van der Waals surface area (Å²) < 4.78 is 2.28. The average Bonchev–Trinajstić information content (AvgIpc) is 2.93. The Morgan fingerprint density at radius 2 is 1.62 bits per heavy atom. The first-order chi connectivity index (χ1) is 12.2. The highest BCUT2D eigenvalue weighted by molar-refractivity contribution is 6.37. The van der Waals surface area contributed by atoms with Crippen molar-refractivity contribution in [1.29, 1.82) is 0 Å². The zero-order valence-corrected chi connectivity index (χ0v) is 18.2. The molecule has 0 aromatic heterocycles. The van der Waals surface area contributed by atoms with Crippen LogP contribution >= 0.6 is 11.6 Å². The topological polar surface area (TPSA) is 6.25 Å². The summed E-state index contributed by atoms with van der Waals surface area (Å²) in [5.41, 5.74) is 6.23. The van der Waals surface area contributed by atoms with Crippen LogP contribution in [0.3, 0.4) is 0 Å². The zero-order chi connectivity index (χ0) is 17.6. The fourth-order valence-electron chi connectivity index (χ4n) is 3.90. The maximum atomic E-state index is 6.42. The molecule has 0 amide bonds. The number of nitrogens with zero attached hydrogens (tertiary/aromatic N) is 2. The van der Waals surface area contributed by atoms with E-state index in [1.54, 1.807) is 0 Å². The minimum Gasteiger partial charge on any atom is -1.00 e. The van der Waals surface area contributed by atoms with Crippen molar-refractivity contribution < 1.29 is 28.6 Å². The molecule has 134 valence electrons. The van der Waals surface area contributed by atoms with Crippen molar-refractivity contribution in [3.05, 3.63) is 70.7 Å². The maximum Gasteiger partial charge on any atom is 0.220 e. The van der Waals surface area contributed by atoms with Crippen LogP contribution in [-0.2, 0) is 0 Å². The lowest BCUT2D eigenvalue weighted by Gasteiger charge is -2.20. The third-order valence-electron chi connectivity index (χ3n) is 5.19. The van der Waals surface area contributed by atoms with Crippen LogP contribution in [0, 0.1) is 0 Å². The summed E-state index contributed by atoms with van der Waals surface area (Å²) in [7, 11) is 2.14. The van der Waals surface area contributed by atoms with Gasteiger partial charge in [0.1, 0.15) is 7.05 Å². The molecule has 0 unspecified atom stereocenters. The van der Waals surface area contributed by atoms with Gasteiger partial charge in [-0.2, -0.15) is 4.58 Å². The van der Waals surface area contributed by atoms with Crippen molar-refractivity contribution in [3.8, 4) is 0 Å². The van der Waals surface area contributed by atoms with Gasteiger partial charge < -0.3 is 28.9 Å². The van der Waals surface area contributed by atoms with E-state index in [0.717, 1.165) is 23.5 Å². The number of benzene rings is 3. The lowest BCUT2D eigenvalue weighted by Crippen LogP contribution is -3.00. The van der Waals surface area contributed by atoms with Gasteiger partial charge in [0.15, 0.2) is 0 Å². The van der Waals surface area contributed by atoms with E-state index in [1.165, 1.54) is 33.6 Å². The van der Waals surface area contributed by atoms with E-state index in [2.05, 4.69) is 78.9 Å². The van der Waals surface area contributed by atoms with Crippen LogP contribution in [0.1, 0.15) is 25.0 Å². The van der Waals surface area contributed by atoms with Crippen molar-refractivity contribution in [2.24, 2.45) is 0 Å². The molecule has 0 bridgehead atoms. The molecule has 0 aliphatic carbocycles. The number of halogens is 2. The highest BCUT2D eigenvalue weighted by Crippen LogP contribution is 2.39. The summed E-state index contributed by atoms with van der Waals surface area (Å²) in [5, 5.41) is 3.19. The van der Waals surface area contributed by atoms with Gasteiger partial charge in [0, 0.05) is 40.8 Å². The maximum absolute atomic E-state index is 6.42. The van der Waals surface area contributed by atoms with Gasteiger partial charge in [-0.05, 0) is 50.2 Å². The largest absolute Gasteiger partial charge is 1.00 e. The van der Waals surface area contributed by atoms with Crippen molar-refractivity contribution in [2.75, 3.05) is 25.0 Å². The third kappa shape index (κ3) is 2.91. The van der Waals surface area contributed by atoms with E-state index in [0.29, 0.717) is 0 Å². The molecule has 1 aliphatic rings. The summed E-state index contributed by atoms with van der Waals surface area (Å²) in [5.74, 6) is 0. The summed E-state index contributed by atoms with van der Waals surface area (Å²) in [6, 6.07) is 19.4. The molecule has 3 aromatic carbocycles. The number of rotatable bonds is 4. The van der Waals surface area contributed by atoms with Gasteiger partial charge in [-0.15, -0.1) is 0 Å². The Kier molecular flexibility index (Phi) is 5.58. The molecule has 0 N–H and O–H groups in total. The van der Waals surface area contributed by atoms with Crippen molar-refractivity contribution in [3.63, 3.8) is 0 Å². The molecule has 4 heteroatoms. The van der Waals surface area contributed by atoms with Crippen LogP contribution in [0.2, 0.25) is 5.02 Å². The van der Waals surface area contributed by atoms with Gasteiger partial charge in [-0.1, -0.05) is 23.7 Å². The molecule has 1 aliphatic heterocycles. The molecule has 0 atom stereocenters. The third-order valence-corrected chi connectivity index (χ3v) is 5.52. The zero-order valence-electron chi connectivity index (χ0n) is 15.3. The van der Waals surface area contributed by atoms with Gasteiger partial charge in [-0.25, -0.2) is 0 Å². The van der Waals surface area contributed by atoms with E-state index >= 15 is 0 Å². The first kappa shape index (κ1) is 19.2. The lowest BCUT2D eigenvalue weighted by atomic mass is 9.98. The molecule has 3 aromatic rings. The van der Waals surface area contributed by atoms with Gasteiger partial charge in [0.2, 0.25) is 11.4 Å². The summed E-state index contributed by atoms with van der Waals surface area (Å²) in [6.07, 6.45) is 0. The Bertz CT molecular complexity index is 989. The molecule has 4 rings (SSSR count). The summed E-state index contributed by atoms with van der Waals surface area (Å²) >= 11 is 6.42. The average molecular weight is 477 g/mol. The smallest absolute Gasteiger partial charge is 0.220 e. The highest BCUT2D eigenvalue weighted by atomic mass is 127. The fourth-order valence-corrected chi connectivity index (χ4v) is 4.12. The molecule has 0 spiro atoms. The predicted molar refractivity (Wildman–Crippen MR) is 108 cm³/mol. The van der Waals surface area contributed by atoms with Gasteiger partial charge >= 0.3 is 0 Å². The molecule has 2 nitrogen and oxygen atoms in total. The van der Waals surface area contributed by atoms with Crippen molar-refractivity contribution in [2.45, 2.75) is 13.8 Å². The van der Waals surface area contributed by atoms with Crippen molar-refractivity contribution >= 4 is 39.5 Å². The summed E-state index contributed by atoms with van der Waals surface area (Å²) in [6.45, 7) is 6.43. The second-order valence-corrected chi connectivity index (χ2v) is 6.83. The quantitative estimate of drug-likeness (QED) is 0.414. The van der Waals surface area contributed by atoms with E-state index in [1.807, 2.05) is 6.07 Å². The molecule has 0 radical (unpaired) electrons. The van der Waals surface area contributed by atoms with Gasteiger partial charge in [-0.3, -0.25) is 0 Å². The molecule has 0 fully saturated rings. The Hall–Kier alpha value is -1.59. The number of hydrogen-bond donors (Lipinski definition) is 0. The normalized spacial score (nSPS) is 12.5. The first-order valence-corrected chi connectivity index (χ1v) is 9.21. The Labute approximate surface area is 177 Å². The molecule has 0 saturated heterocycles. The number of anilines is 1. The van der Waals surface area contributed by atoms with Crippen LogP contribution in [0.5, 0.6) is 0 Å². The minimum atomic E-state index is 0. The molecular weight excluding hydrogens is 455 g/mol. The Balaban J connectivity index is 0.00000196. The highest BCUT2D eigenvalue weighted by Gasteiger charge is 2.31.